The highest BCUT2D eigenvalue weighted by Gasteiger charge is 2.16. The second-order valence-corrected chi connectivity index (χ2v) is 7.30. The zero-order chi connectivity index (χ0) is 22.9. The summed E-state index contributed by atoms with van der Waals surface area (Å²) >= 11 is 0. The van der Waals surface area contributed by atoms with E-state index >= 15 is 0 Å². The first kappa shape index (κ1) is 23.1. The average molecular weight is 439 g/mol. The van der Waals surface area contributed by atoms with Crippen molar-refractivity contribution in [3.8, 4) is 23.0 Å². The Bertz CT molecular complexity index is 1010. The van der Waals surface area contributed by atoms with E-state index in [0.717, 1.165) is 5.56 Å². The first-order chi connectivity index (χ1) is 15.4. The van der Waals surface area contributed by atoms with Crippen molar-refractivity contribution in [1.29, 1.82) is 0 Å². The summed E-state index contributed by atoms with van der Waals surface area (Å²) in [6.45, 7) is 0.439. The quantitative estimate of drug-likeness (QED) is 0.446. The van der Waals surface area contributed by atoms with Crippen LogP contribution in [0.4, 0.5) is 4.39 Å². The Labute approximate surface area is 186 Å². The number of methoxy groups -OCH3 is 1. The molecule has 1 atom stereocenters. The summed E-state index contributed by atoms with van der Waals surface area (Å²) in [5.41, 5.74) is 0.810. The molecular formula is C25H26FNO5. The van der Waals surface area contributed by atoms with Crippen molar-refractivity contribution in [2.24, 2.45) is 0 Å². The lowest BCUT2D eigenvalue weighted by atomic mass is 10.1. The van der Waals surface area contributed by atoms with Gasteiger partial charge in [0.25, 0.3) is 0 Å². The van der Waals surface area contributed by atoms with Crippen LogP contribution in [0.15, 0.2) is 72.8 Å². The summed E-state index contributed by atoms with van der Waals surface area (Å²) in [6, 6.07) is 20.7. The Hall–Kier alpha value is -3.58. The van der Waals surface area contributed by atoms with Gasteiger partial charge in [-0.1, -0.05) is 24.3 Å². The van der Waals surface area contributed by atoms with Gasteiger partial charge in [-0.05, 0) is 61.1 Å². The number of benzene rings is 3. The Morgan fingerprint density at radius 2 is 1.59 bits per heavy atom. The highest BCUT2D eigenvalue weighted by Crippen LogP contribution is 2.32. The molecule has 3 rings (SSSR count). The molecule has 0 amide bonds. The van der Waals surface area contributed by atoms with Gasteiger partial charge in [0, 0.05) is 13.0 Å². The van der Waals surface area contributed by atoms with Crippen molar-refractivity contribution in [3.63, 3.8) is 0 Å². The van der Waals surface area contributed by atoms with Crippen LogP contribution in [-0.4, -0.2) is 43.2 Å². The number of para-hydroxylation sites is 2. The molecule has 0 saturated carbocycles. The number of aliphatic carboxylic acids is 1. The van der Waals surface area contributed by atoms with Crippen molar-refractivity contribution in [2.75, 3.05) is 27.2 Å². The van der Waals surface area contributed by atoms with Crippen molar-refractivity contribution in [3.05, 3.63) is 84.2 Å². The van der Waals surface area contributed by atoms with E-state index in [1.807, 2.05) is 24.3 Å². The minimum atomic E-state index is -0.891. The van der Waals surface area contributed by atoms with Gasteiger partial charge in [0.2, 0.25) is 0 Å². The fourth-order valence-electron chi connectivity index (χ4n) is 3.20. The topological polar surface area (TPSA) is 68.2 Å². The van der Waals surface area contributed by atoms with Crippen LogP contribution in [0.3, 0.4) is 0 Å². The van der Waals surface area contributed by atoms with Crippen molar-refractivity contribution in [1.82, 2.24) is 4.90 Å². The van der Waals surface area contributed by atoms with Gasteiger partial charge < -0.3 is 19.3 Å². The monoisotopic (exact) mass is 439 g/mol. The smallest absolute Gasteiger partial charge is 0.317 e. The third kappa shape index (κ3) is 6.72. The average Bonchev–Trinajstić information content (AvgIpc) is 2.78. The maximum Gasteiger partial charge on any atom is 0.317 e. The van der Waals surface area contributed by atoms with E-state index in [4.69, 9.17) is 19.3 Å². The molecule has 0 aromatic heterocycles. The first-order valence-corrected chi connectivity index (χ1v) is 10.2. The number of hydrogen-bond donors (Lipinski definition) is 1. The van der Waals surface area contributed by atoms with Crippen LogP contribution in [0.25, 0.3) is 0 Å². The Kier molecular flexibility index (Phi) is 8.05. The molecule has 0 bridgehead atoms. The molecule has 0 saturated heterocycles. The molecule has 0 aliphatic heterocycles. The van der Waals surface area contributed by atoms with Gasteiger partial charge in [-0.2, -0.15) is 0 Å². The molecule has 3 aromatic rings. The lowest BCUT2D eigenvalue weighted by Gasteiger charge is -2.22. The minimum Gasteiger partial charge on any atom is -0.493 e. The molecule has 32 heavy (non-hydrogen) atoms. The summed E-state index contributed by atoms with van der Waals surface area (Å²) < 4.78 is 30.7. The Balaban J connectivity index is 1.70. The molecule has 1 unspecified atom stereocenters. The number of rotatable bonds is 11. The largest absolute Gasteiger partial charge is 0.493 e. The summed E-state index contributed by atoms with van der Waals surface area (Å²) in [6.07, 6.45) is 0.169. The van der Waals surface area contributed by atoms with E-state index in [1.54, 1.807) is 55.5 Å². The van der Waals surface area contributed by atoms with Gasteiger partial charge in [-0.25, -0.2) is 4.39 Å². The molecule has 0 fully saturated rings. The lowest BCUT2D eigenvalue weighted by molar-refractivity contribution is -0.138. The molecular weight excluding hydrogens is 413 g/mol. The highest BCUT2D eigenvalue weighted by atomic mass is 19.1. The molecule has 1 N–H and O–H groups in total. The van der Waals surface area contributed by atoms with Crippen molar-refractivity contribution < 1.29 is 28.5 Å². The number of ether oxygens (including phenoxy) is 3. The van der Waals surface area contributed by atoms with Gasteiger partial charge in [0.15, 0.2) is 11.5 Å². The molecule has 3 aromatic carbocycles. The first-order valence-electron chi connectivity index (χ1n) is 10.2. The van der Waals surface area contributed by atoms with E-state index < -0.39 is 5.97 Å². The molecule has 0 spiro atoms. The number of carboxylic acids is 1. The van der Waals surface area contributed by atoms with Crippen molar-refractivity contribution in [2.45, 2.75) is 12.5 Å². The van der Waals surface area contributed by atoms with Gasteiger partial charge in [0.05, 0.1) is 13.7 Å². The number of nitrogens with zero attached hydrogens (tertiary/aromatic N) is 1. The van der Waals surface area contributed by atoms with Gasteiger partial charge in [-0.3, -0.25) is 9.69 Å². The summed E-state index contributed by atoms with van der Waals surface area (Å²) in [5.74, 6) is 1.27. The molecule has 168 valence electrons. The SMILES string of the molecule is COc1ccccc1Oc1ccc(OC(CCN(C)CC(=O)O)c2ccc(F)cc2)cc1. The molecule has 0 aliphatic carbocycles. The Morgan fingerprint density at radius 3 is 2.22 bits per heavy atom. The number of likely N-dealkylation sites (N-methyl/N-ethyl adjacent to an activating group) is 1. The van der Waals surface area contributed by atoms with E-state index in [2.05, 4.69) is 0 Å². The molecule has 7 heteroatoms. The summed E-state index contributed by atoms with van der Waals surface area (Å²) in [7, 11) is 3.32. The normalized spacial score (nSPS) is 11.8. The van der Waals surface area contributed by atoms with E-state index in [0.29, 0.717) is 36.0 Å². The maximum atomic E-state index is 13.4. The molecule has 0 heterocycles. The van der Waals surface area contributed by atoms with E-state index in [1.165, 1.54) is 12.1 Å². The fourth-order valence-corrected chi connectivity index (χ4v) is 3.20. The zero-order valence-electron chi connectivity index (χ0n) is 18.0. The summed E-state index contributed by atoms with van der Waals surface area (Å²) in [4.78, 5) is 12.6. The zero-order valence-corrected chi connectivity index (χ0v) is 18.0. The van der Waals surface area contributed by atoms with Crippen LogP contribution in [0.5, 0.6) is 23.0 Å². The minimum absolute atomic E-state index is 0.0644. The van der Waals surface area contributed by atoms with E-state index in [-0.39, 0.29) is 18.5 Å². The van der Waals surface area contributed by atoms with Crippen molar-refractivity contribution >= 4 is 5.97 Å². The molecule has 6 nitrogen and oxygen atoms in total. The summed E-state index contributed by atoms with van der Waals surface area (Å²) in [5, 5.41) is 8.96. The van der Waals surface area contributed by atoms with Gasteiger partial charge in [-0.15, -0.1) is 0 Å². The highest BCUT2D eigenvalue weighted by molar-refractivity contribution is 5.69. The van der Waals surface area contributed by atoms with Gasteiger partial charge >= 0.3 is 5.97 Å². The third-order valence-corrected chi connectivity index (χ3v) is 4.82. The number of halogens is 1. The van der Waals surface area contributed by atoms with Gasteiger partial charge in [0.1, 0.15) is 23.4 Å². The van der Waals surface area contributed by atoms with Crippen LogP contribution >= 0.6 is 0 Å². The third-order valence-electron chi connectivity index (χ3n) is 4.82. The number of hydrogen-bond acceptors (Lipinski definition) is 5. The van der Waals surface area contributed by atoms with E-state index in [9.17, 15) is 9.18 Å². The second kappa shape index (κ2) is 11.2. The fraction of sp³-hybridized carbons (Fsp3) is 0.240. The van der Waals surface area contributed by atoms with Crippen LogP contribution in [0.2, 0.25) is 0 Å². The Morgan fingerprint density at radius 1 is 0.969 bits per heavy atom. The molecule has 0 aliphatic rings. The second-order valence-electron chi connectivity index (χ2n) is 7.30. The van der Waals surface area contributed by atoms with Crippen LogP contribution in [0, 0.1) is 5.82 Å². The predicted molar refractivity (Wildman–Crippen MR) is 119 cm³/mol. The number of carbonyl (C=O) groups is 1. The lowest BCUT2D eigenvalue weighted by Crippen LogP contribution is -2.28. The molecule has 0 radical (unpaired) electrons. The standard InChI is InChI=1S/C25H26FNO5/c1-27(17-25(28)29)16-15-22(18-7-9-19(26)10-8-18)31-20-11-13-21(14-12-20)32-24-6-4-3-5-23(24)30-2/h3-14,22H,15-17H2,1-2H3,(H,28,29). The van der Waals surface area contributed by atoms with Crippen LogP contribution in [-0.2, 0) is 4.79 Å². The number of carboxylic acid groups (broad SMARTS) is 1. The maximum absolute atomic E-state index is 13.4. The predicted octanol–water partition coefficient (Wildman–Crippen LogP) is 5.15. The van der Waals surface area contributed by atoms with Crippen LogP contribution in [0.1, 0.15) is 18.1 Å². The van der Waals surface area contributed by atoms with Crippen LogP contribution < -0.4 is 14.2 Å².